The van der Waals surface area contributed by atoms with Crippen LogP contribution in [-0.4, -0.2) is 36.2 Å². The van der Waals surface area contributed by atoms with Crippen LogP contribution >= 0.6 is 11.8 Å². The van der Waals surface area contributed by atoms with Gasteiger partial charge in [0, 0.05) is 19.0 Å². The number of amides is 1. The number of nitrogens with one attached hydrogen (secondary N) is 1. The first kappa shape index (κ1) is 18.7. The summed E-state index contributed by atoms with van der Waals surface area (Å²) in [5.74, 6) is 2.53. The van der Waals surface area contributed by atoms with Crippen molar-refractivity contribution in [2.24, 2.45) is 7.05 Å². The van der Waals surface area contributed by atoms with Crippen LogP contribution < -0.4 is 5.32 Å². The summed E-state index contributed by atoms with van der Waals surface area (Å²) in [4.78, 5) is 12.7. The molecule has 1 aliphatic rings. The molecule has 8 nitrogen and oxygen atoms in total. The molecule has 0 aliphatic heterocycles. The Kier molecular flexibility index (Phi) is 4.88. The van der Waals surface area contributed by atoms with E-state index in [0.717, 1.165) is 24.2 Å². The van der Waals surface area contributed by atoms with E-state index in [-0.39, 0.29) is 11.7 Å². The largest absolute Gasteiger partial charge is 0.461 e. The molecule has 0 radical (unpaired) electrons. The molecule has 1 fully saturated rings. The van der Waals surface area contributed by atoms with Crippen molar-refractivity contribution in [1.29, 1.82) is 0 Å². The third-order valence-electron chi connectivity index (χ3n) is 4.90. The fourth-order valence-electron chi connectivity index (χ4n) is 3.20. The molecule has 0 saturated heterocycles. The van der Waals surface area contributed by atoms with Gasteiger partial charge < -0.3 is 14.3 Å². The van der Waals surface area contributed by atoms with E-state index in [4.69, 9.17) is 9.52 Å². The summed E-state index contributed by atoms with van der Waals surface area (Å²) in [5.41, 5.74) is 1.95. The number of anilines is 1. The number of hydrogen-bond donors (Lipinski definition) is 1. The smallest absolute Gasteiger partial charge is 0.236 e. The Morgan fingerprint density at radius 1 is 1.20 bits per heavy atom. The number of aromatic nitrogens is 5. The van der Waals surface area contributed by atoms with Crippen LogP contribution in [0.3, 0.4) is 0 Å². The monoisotopic (exact) mass is 420 g/mol. The van der Waals surface area contributed by atoms with Crippen LogP contribution in [0.15, 0.2) is 64.4 Å². The molecular formula is C21H20N6O2S. The number of carbonyl (C=O) groups excluding carboxylic acids is 1. The molecule has 0 unspecified atom stereocenters. The summed E-state index contributed by atoms with van der Waals surface area (Å²) >= 11 is 1.33. The predicted octanol–water partition coefficient (Wildman–Crippen LogP) is 3.87. The van der Waals surface area contributed by atoms with Gasteiger partial charge in [-0.15, -0.1) is 10.2 Å². The summed E-state index contributed by atoms with van der Waals surface area (Å²) in [6.45, 7) is 0. The van der Waals surface area contributed by atoms with Gasteiger partial charge in [0.25, 0.3) is 0 Å². The minimum Gasteiger partial charge on any atom is -0.461 e. The quantitative estimate of drug-likeness (QED) is 0.457. The highest BCUT2D eigenvalue weighted by atomic mass is 32.2. The van der Waals surface area contributed by atoms with Gasteiger partial charge in [-0.1, -0.05) is 30.0 Å². The highest BCUT2D eigenvalue weighted by Crippen LogP contribution is 2.40. The minimum atomic E-state index is -0.123. The SMILES string of the molecule is Cn1c(SCC(=O)Nc2cc(C3CC3)nn2-c2ccccc2)nnc1-c1ccco1. The first-order valence-corrected chi connectivity index (χ1v) is 10.7. The number of rotatable bonds is 7. The lowest BCUT2D eigenvalue weighted by molar-refractivity contribution is -0.113. The lowest BCUT2D eigenvalue weighted by Gasteiger charge is -2.08. The topological polar surface area (TPSA) is 90.8 Å². The first-order valence-electron chi connectivity index (χ1n) is 9.70. The summed E-state index contributed by atoms with van der Waals surface area (Å²) < 4.78 is 8.99. The number of thioether (sulfide) groups is 1. The fourth-order valence-corrected chi connectivity index (χ4v) is 3.91. The maximum absolute atomic E-state index is 12.7. The molecule has 30 heavy (non-hydrogen) atoms. The lowest BCUT2D eigenvalue weighted by atomic mass is 10.3. The van der Waals surface area contributed by atoms with E-state index < -0.39 is 0 Å². The number of nitrogens with zero attached hydrogens (tertiary/aromatic N) is 5. The molecule has 5 rings (SSSR count). The van der Waals surface area contributed by atoms with Crippen molar-refractivity contribution >= 4 is 23.5 Å². The molecule has 1 N–H and O–H groups in total. The van der Waals surface area contributed by atoms with Crippen molar-refractivity contribution in [2.45, 2.75) is 23.9 Å². The zero-order chi connectivity index (χ0) is 20.5. The van der Waals surface area contributed by atoms with Crippen molar-refractivity contribution in [3.05, 3.63) is 60.5 Å². The number of hydrogen-bond acceptors (Lipinski definition) is 6. The molecule has 1 aromatic carbocycles. The summed E-state index contributed by atoms with van der Waals surface area (Å²) in [5, 5.41) is 16.7. The van der Waals surface area contributed by atoms with Gasteiger partial charge in [-0.05, 0) is 37.1 Å². The maximum atomic E-state index is 12.7. The van der Waals surface area contributed by atoms with Gasteiger partial charge in [-0.2, -0.15) is 5.10 Å². The van der Waals surface area contributed by atoms with E-state index in [0.29, 0.717) is 28.5 Å². The molecule has 152 valence electrons. The van der Waals surface area contributed by atoms with Crippen LogP contribution in [0.1, 0.15) is 24.5 Å². The van der Waals surface area contributed by atoms with Gasteiger partial charge in [0.05, 0.1) is 23.4 Å². The van der Waals surface area contributed by atoms with Crippen molar-refractivity contribution in [3.63, 3.8) is 0 Å². The fraction of sp³-hybridized carbons (Fsp3) is 0.238. The normalized spacial score (nSPS) is 13.5. The first-order chi connectivity index (χ1) is 14.7. The Bertz CT molecular complexity index is 1160. The van der Waals surface area contributed by atoms with Gasteiger partial charge in [0.15, 0.2) is 16.7 Å². The molecule has 9 heteroatoms. The third kappa shape index (κ3) is 3.76. The highest BCUT2D eigenvalue weighted by molar-refractivity contribution is 7.99. The standard InChI is InChI=1S/C21H20N6O2S/c1-26-20(17-8-5-11-29-17)23-24-21(26)30-13-19(28)22-18-12-16(14-9-10-14)25-27(18)15-6-3-2-4-7-15/h2-8,11-12,14H,9-10,13H2,1H3,(H,22,28). The van der Waals surface area contributed by atoms with E-state index in [1.807, 2.05) is 54.1 Å². The van der Waals surface area contributed by atoms with E-state index >= 15 is 0 Å². The molecule has 1 amide bonds. The second kappa shape index (κ2) is 7.83. The van der Waals surface area contributed by atoms with Gasteiger partial charge in [-0.25, -0.2) is 4.68 Å². The summed E-state index contributed by atoms with van der Waals surface area (Å²) in [6.07, 6.45) is 3.90. The molecule has 3 aromatic heterocycles. The van der Waals surface area contributed by atoms with Crippen LogP contribution in [0.25, 0.3) is 17.3 Å². The number of benzene rings is 1. The molecule has 1 saturated carbocycles. The van der Waals surface area contributed by atoms with E-state index in [1.54, 1.807) is 17.0 Å². The molecule has 4 aromatic rings. The average molecular weight is 420 g/mol. The Labute approximate surface area is 177 Å². The Hall–Kier alpha value is -3.33. The van der Waals surface area contributed by atoms with E-state index in [2.05, 4.69) is 15.5 Å². The predicted molar refractivity (Wildman–Crippen MR) is 114 cm³/mol. The number of para-hydroxylation sites is 1. The van der Waals surface area contributed by atoms with E-state index in [9.17, 15) is 4.79 Å². The minimum absolute atomic E-state index is 0.123. The zero-order valence-corrected chi connectivity index (χ0v) is 17.2. The second-order valence-corrected chi connectivity index (χ2v) is 8.10. The third-order valence-corrected chi connectivity index (χ3v) is 5.92. The average Bonchev–Trinajstić information content (AvgIpc) is 3.14. The molecule has 1 aliphatic carbocycles. The summed E-state index contributed by atoms with van der Waals surface area (Å²) in [7, 11) is 1.85. The van der Waals surface area contributed by atoms with Crippen LogP contribution in [0.4, 0.5) is 5.82 Å². The summed E-state index contributed by atoms with van der Waals surface area (Å²) in [6, 6.07) is 15.4. The van der Waals surface area contributed by atoms with Crippen molar-refractivity contribution in [1.82, 2.24) is 24.5 Å². The van der Waals surface area contributed by atoms with Gasteiger partial charge in [-0.3, -0.25) is 4.79 Å². The lowest BCUT2D eigenvalue weighted by Crippen LogP contribution is -2.17. The Morgan fingerprint density at radius 2 is 2.03 bits per heavy atom. The maximum Gasteiger partial charge on any atom is 0.236 e. The molecule has 0 atom stereocenters. The second-order valence-electron chi connectivity index (χ2n) is 7.16. The number of carbonyl (C=O) groups is 1. The van der Waals surface area contributed by atoms with Crippen LogP contribution in [0.2, 0.25) is 0 Å². The molecule has 0 spiro atoms. The molecule has 3 heterocycles. The van der Waals surface area contributed by atoms with Gasteiger partial charge in [0.2, 0.25) is 5.91 Å². The molecule has 0 bridgehead atoms. The van der Waals surface area contributed by atoms with Crippen molar-refractivity contribution in [2.75, 3.05) is 11.1 Å². The van der Waals surface area contributed by atoms with E-state index in [1.165, 1.54) is 11.8 Å². The zero-order valence-electron chi connectivity index (χ0n) is 16.4. The van der Waals surface area contributed by atoms with Crippen LogP contribution in [0.5, 0.6) is 0 Å². The van der Waals surface area contributed by atoms with Gasteiger partial charge in [0.1, 0.15) is 5.82 Å². The number of furan rings is 1. The van der Waals surface area contributed by atoms with Crippen molar-refractivity contribution in [3.8, 4) is 17.3 Å². The van der Waals surface area contributed by atoms with Crippen molar-refractivity contribution < 1.29 is 9.21 Å². The van der Waals surface area contributed by atoms with Crippen LogP contribution in [0, 0.1) is 0 Å². The highest BCUT2D eigenvalue weighted by Gasteiger charge is 2.28. The molecular weight excluding hydrogens is 400 g/mol. The Balaban J connectivity index is 1.29. The van der Waals surface area contributed by atoms with Crippen LogP contribution in [-0.2, 0) is 11.8 Å². The van der Waals surface area contributed by atoms with Gasteiger partial charge >= 0.3 is 0 Å². The Morgan fingerprint density at radius 3 is 2.77 bits per heavy atom.